The van der Waals surface area contributed by atoms with Crippen LogP contribution in [0.2, 0.25) is 0 Å². The standard InChI is InChI=1S/C9H14F3N2/c1-2-13-6-7-14(8-13)5-3-4-9(10,11)12/h6-8H,2-5H2,1H3/q+1. The minimum atomic E-state index is -4.03. The van der Waals surface area contributed by atoms with E-state index in [-0.39, 0.29) is 6.42 Å². The maximum atomic E-state index is 11.8. The molecular formula is C9H14F3N2+. The zero-order chi connectivity index (χ0) is 10.6. The third-order valence-electron chi connectivity index (χ3n) is 1.99. The Morgan fingerprint density at radius 3 is 2.57 bits per heavy atom. The first-order valence-electron chi connectivity index (χ1n) is 4.63. The number of aromatic nitrogens is 2. The zero-order valence-corrected chi connectivity index (χ0v) is 8.09. The zero-order valence-electron chi connectivity index (χ0n) is 8.09. The van der Waals surface area contributed by atoms with Crippen molar-refractivity contribution in [3.63, 3.8) is 0 Å². The molecule has 0 saturated carbocycles. The van der Waals surface area contributed by atoms with Crippen LogP contribution in [0, 0.1) is 0 Å². The van der Waals surface area contributed by atoms with Crippen LogP contribution in [-0.4, -0.2) is 10.7 Å². The highest BCUT2D eigenvalue weighted by molar-refractivity contribution is 4.64. The quantitative estimate of drug-likeness (QED) is 0.669. The van der Waals surface area contributed by atoms with Crippen molar-refractivity contribution in [2.75, 3.05) is 0 Å². The van der Waals surface area contributed by atoms with Crippen molar-refractivity contribution in [2.45, 2.75) is 39.0 Å². The van der Waals surface area contributed by atoms with E-state index in [0.29, 0.717) is 6.54 Å². The van der Waals surface area contributed by atoms with Crippen molar-refractivity contribution in [3.05, 3.63) is 18.7 Å². The van der Waals surface area contributed by atoms with E-state index in [1.54, 1.807) is 10.8 Å². The minimum Gasteiger partial charge on any atom is -0.237 e. The molecule has 5 heteroatoms. The number of alkyl halides is 3. The number of halogens is 3. The van der Waals surface area contributed by atoms with Gasteiger partial charge in [0, 0.05) is 6.42 Å². The Bertz CT molecular complexity index is 278. The van der Waals surface area contributed by atoms with Gasteiger partial charge in [0.1, 0.15) is 12.4 Å². The van der Waals surface area contributed by atoms with Gasteiger partial charge in [0.2, 0.25) is 6.33 Å². The lowest BCUT2D eigenvalue weighted by atomic mass is 10.3. The van der Waals surface area contributed by atoms with Gasteiger partial charge in [-0.05, 0) is 13.3 Å². The van der Waals surface area contributed by atoms with E-state index in [1.165, 1.54) is 0 Å². The highest BCUT2D eigenvalue weighted by atomic mass is 19.4. The molecule has 1 heterocycles. The largest absolute Gasteiger partial charge is 0.389 e. The van der Waals surface area contributed by atoms with Gasteiger partial charge >= 0.3 is 6.18 Å². The summed E-state index contributed by atoms with van der Waals surface area (Å²) in [7, 11) is 0. The van der Waals surface area contributed by atoms with Crippen molar-refractivity contribution in [3.8, 4) is 0 Å². The number of hydrogen-bond acceptors (Lipinski definition) is 0. The van der Waals surface area contributed by atoms with Crippen LogP contribution in [0.1, 0.15) is 19.8 Å². The molecule has 0 unspecified atom stereocenters. The van der Waals surface area contributed by atoms with Crippen LogP contribution >= 0.6 is 0 Å². The van der Waals surface area contributed by atoms with E-state index >= 15 is 0 Å². The van der Waals surface area contributed by atoms with E-state index in [9.17, 15) is 13.2 Å². The van der Waals surface area contributed by atoms with Gasteiger partial charge in [0.25, 0.3) is 0 Å². The number of nitrogens with zero attached hydrogens (tertiary/aromatic N) is 2. The fourth-order valence-electron chi connectivity index (χ4n) is 1.22. The summed E-state index contributed by atoms with van der Waals surface area (Å²) in [6.45, 7) is 3.25. The van der Waals surface area contributed by atoms with Crippen LogP contribution in [0.3, 0.4) is 0 Å². The summed E-state index contributed by atoms with van der Waals surface area (Å²) >= 11 is 0. The highest BCUT2D eigenvalue weighted by Gasteiger charge is 2.26. The van der Waals surface area contributed by atoms with Crippen molar-refractivity contribution >= 4 is 0 Å². The monoisotopic (exact) mass is 207 g/mol. The molecule has 2 nitrogen and oxygen atoms in total. The van der Waals surface area contributed by atoms with Gasteiger partial charge in [0.05, 0.1) is 13.1 Å². The molecule has 0 aromatic carbocycles. The van der Waals surface area contributed by atoms with E-state index < -0.39 is 12.6 Å². The number of aryl methyl sites for hydroxylation is 2. The lowest BCUT2D eigenvalue weighted by Crippen LogP contribution is -2.31. The van der Waals surface area contributed by atoms with E-state index in [1.807, 2.05) is 24.0 Å². The van der Waals surface area contributed by atoms with Gasteiger partial charge in [-0.25, -0.2) is 9.13 Å². The highest BCUT2D eigenvalue weighted by Crippen LogP contribution is 2.20. The number of hydrogen-bond donors (Lipinski definition) is 0. The molecule has 0 fully saturated rings. The minimum absolute atomic E-state index is 0.141. The maximum Gasteiger partial charge on any atom is 0.389 e. The van der Waals surface area contributed by atoms with Crippen molar-refractivity contribution < 1.29 is 17.7 Å². The molecule has 0 N–H and O–H groups in total. The SMILES string of the molecule is CCn1cc[n+](CCCC(F)(F)F)c1. The van der Waals surface area contributed by atoms with Gasteiger partial charge in [-0.3, -0.25) is 0 Å². The Morgan fingerprint density at radius 2 is 2.07 bits per heavy atom. The predicted octanol–water partition coefficient (Wildman–Crippen LogP) is 2.14. The Kier molecular flexibility index (Phi) is 3.55. The topological polar surface area (TPSA) is 8.81 Å². The molecule has 14 heavy (non-hydrogen) atoms. The molecule has 80 valence electrons. The van der Waals surface area contributed by atoms with E-state index in [2.05, 4.69) is 0 Å². The van der Waals surface area contributed by atoms with Crippen LogP contribution in [0.25, 0.3) is 0 Å². The summed E-state index contributed by atoms with van der Waals surface area (Å²) in [6, 6.07) is 0. The van der Waals surface area contributed by atoms with Crippen molar-refractivity contribution in [1.29, 1.82) is 0 Å². The van der Waals surface area contributed by atoms with Gasteiger partial charge in [-0.1, -0.05) is 0 Å². The summed E-state index contributed by atoms with van der Waals surface area (Å²) in [6.07, 6.45) is 0.858. The third kappa shape index (κ3) is 3.81. The van der Waals surface area contributed by atoms with Crippen LogP contribution in [0.4, 0.5) is 13.2 Å². The molecule has 1 rings (SSSR count). The fraction of sp³-hybridized carbons (Fsp3) is 0.667. The molecule has 0 spiro atoms. The molecule has 0 amide bonds. The molecule has 0 aliphatic rings. The predicted molar refractivity (Wildman–Crippen MR) is 45.6 cm³/mol. The fourth-order valence-corrected chi connectivity index (χ4v) is 1.22. The molecule has 1 aromatic heterocycles. The van der Waals surface area contributed by atoms with Gasteiger partial charge < -0.3 is 0 Å². The summed E-state index contributed by atoms with van der Waals surface area (Å²) in [5.74, 6) is 0. The van der Waals surface area contributed by atoms with Gasteiger partial charge in [-0.2, -0.15) is 13.2 Å². The normalized spacial score (nSPS) is 12.0. The first-order chi connectivity index (χ1) is 6.51. The molecule has 1 aromatic rings. The van der Waals surface area contributed by atoms with Crippen molar-refractivity contribution in [1.82, 2.24) is 4.57 Å². The Morgan fingerprint density at radius 1 is 1.36 bits per heavy atom. The summed E-state index contributed by atoms with van der Waals surface area (Å²) < 4.78 is 39.1. The molecule has 0 saturated heterocycles. The molecule has 0 bridgehead atoms. The van der Waals surface area contributed by atoms with E-state index in [4.69, 9.17) is 0 Å². The second-order valence-corrected chi connectivity index (χ2v) is 3.20. The van der Waals surface area contributed by atoms with Crippen LogP contribution in [-0.2, 0) is 13.1 Å². The second-order valence-electron chi connectivity index (χ2n) is 3.20. The average Bonchev–Trinajstić information content (AvgIpc) is 2.50. The third-order valence-corrected chi connectivity index (χ3v) is 1.99. The Labute approximate surface area is 81.0 Å². The molecule has 0 aliphatic carbocycles. The molecule has 0 radical (unpaired) electrons. The Balaban J connectivity index is 2.31. The molecule has 0 atom stereocenters. The lowest BCUT2D eigenvalue weighted by molar-refractivity contribution is -0.697. The summed E-state index contributed by atoms with van der Waals surface area (Å²) in [4.78, 5) is 0. The summed E-state index contributed by atoms with van der Waals surface area (Å²) in [5.41, 5.74) is 0. The van der Waals surface area contributed by atoms with Crippen molar-refractivity contribution in [2.24, 2.45) is 0 Å². The first kappa shape index (κ1) is 11.1. The van der Waals surface area contributed by atoms with Crippen LogP contribution in [0.15, 0.2) is 18.7 Å². The average molecular weight is 207 g/mol. The maximum absolute atomic E-state index is 11.8. The van der Waals surface area contributed by atoms with Gasteiger partial charge in [-0.15, -0.1) is 0 Å². The smallest absolute Gasteiger partial charge is 0.237 e. The lowest BCUT2D eigenvalue weighted by Gasteiger charge is -2.03. The number of imidazole rings is 1. The summed E-state index contributed by atoms with van der Waals surface area (Å²) in [5, 5.41) is 0. The second kappa shape index (κ2) is 4.48. The van der Waals surface area contributed by atoms with Gasteiger partial charge in [0.15, 0.2) is 0 Å². The van der Waals surface area contributed by atoms with Crippen LogP contribution in [0.5, 0.6) is 0 Å². The van der Waals surface area contributed by atoms with E-state index in [0.717, 1.165) is 6.54 Å². The molecule has 0 aliphatic heterocycles. The molecular weight excluding hydrogens is 193 g/mol. The first-order valence-corrected chi connectivity index (χ1v) is 4.63. The number of rotatable bonds is 4. The Hall–Kier alpha value is -1.00. The van der Waals surface area contributed by atoms with Crippen LogP contribution < -0.4 is 4.57 Å².